The van der Waals surface area contributed by atoms with Crippen molar-refractivity contribution in [1.82, 2.24) is 4.31 Å². The van der Waals surface area contributed by atoms with E-state index in [0.717, 1.165) is 0 Å². The molecular weight excluding hydrogens is 524 g/mol. The van der Waals surface area contributed by atoms with E-state index < -0.39 is 20.0 Å². The molecule has 0 amide bonds. The zero-order chi connectivity index (χ0) is 26.3. The molecule has 196 valence electrons. The summed E-state index contributed by atoms with van der Waals surface area (Å²) < 4.78 is 68.0. The van der Waals surface area contributed by atoms with Crippen molar-refractivity contribution in [3.05, 3.63) is 97.1 Å². The first-order valence-electron chi connectivity index (χ1n) is 12.2. The lowest BCUT2D eigenvalue weighted by Crippen LogP contribution is -2.37. The van der Waals surface area contributed by atoms with Gasteiger partial charge >= 0.3 is 0 Å². The van der Waals surface area contributed by atoms with Crippen molar-refractivity contribution < 1.29 is 26.3 Å². The highest BCUT2D eigenvalue weighted by molar-refractivity contribution is 7.93. The van der Waals surface area contributed by atoms with Crippen LogP contribution in [0, 0.1) is 0 Å². The van der Waals surface area contributed by atoms with E-state index in [1.165, 1.54) is 20.7 Å². The Kier molecular flexibility index (Phi) is 6.45. The molecule has 2 fully saturated rings. The van der Waals surface area contributed by atoms with Gasteiger partial charge in [0.25, 0.3) is 10.0 Å². The summed E-state index contributed by atoms with van der Waals surface area (Å²) in [5, 5.41) is 1.25. The van der Waals surface area contributed by atoms with Crippen LogP contribution in [-0.2, 0) is 29.5 Å². The Hall–Kier alpha value is -3.28. The summed E-state index contributed by atoms with van der Waals surface area (Å²) in [6, 6.07) is 27.3. The molecule has 2 saturated heterocycles. The number of hydrogen-bond acceptors (Lipinski definition) is 6. The number of benzene rings is 4. The van der Waals surface area contributed by atoms with Gasteiger partial charge in [-0.1, -0.05) is 48.5 Å². The molecule has 0 aromatic heterocycles. The van der Waals surface area contributed by atoms with Crippen LogP contribution in [0.25, 0.3) is 10.8 Å². The minimum Gasteiger partial charge on any atom is -0.372 e. The summed E-state index contributed by atoms with van der Waals surface area (Å²) in [5.74, 6) is 0. The van der Waals surface area contributed by atoms with Gasteiger partial charge < -0.3 is 9.47 Å². The fourth-order valence-electron chi connectivity index (χ4n) is 4.40. The highest BCUT2D eigenvalue weighted by Crippen LogP contribution is 2.34. The lowest BCUT2D eigenvalue weighted by Gasteiger charge is -2.25. The monoisotopic (exact) mass is 550 g/mol. The number of sulfonamides is 2. The maximum Gasteiger partial charge on any atom is 0.268 e. The molecule has 38 heavy (non-hydrogen) atoms. The average Bonchev–Trinajstić information content (AvgIpc) is 3.86. The van der Waals surface area contributed by atoms with Crippen LogP contribution >= 0.6 is 0 Å². The Morgan fingerprint density at radius 1 is 0.605 bits per heavy atom. The Morgan fingerprint density at radius 2 is 1.03 bits per heavy atom. The molecule has 0 spiro atoms. The molecule has 2 aliphatic rings. The standard InChI is InChI=1S/C28H26N2O6S2/c31-37(32,29(17-25-19-35-25)18-26-20-36-26)27-13-11-22-16-28(14-12-21(22)15-27)38(33,34)30(23-7-3-1-4-8-23)24-9-5-2-6-10-24/h1-16,25-26H,17-20H2. The van der Waals surface area contributed by atoms with E-state index in [2.05, 4.69) is 0 Å². The summed E-state index contributed by atoms with van der Waals surface area (Å²) >= 11 is 0. The molecule has 6 rings (SSSR count). The molecular formula is C28H26N2O6S2. The number of fused-ring (bicyclic) bond motifs is 1. The average molecular weight is 551 g/mol. The third-order valence-electron chi connectivity index (χ3n) is 6.56. The van der Waals surface area contributed by atoms with Crippen molar-refractivity contribution in [3.8, 4) is 0 Å². The van der Waals surface area contributed by atoms with Crippen LogP contribution in [-0.4, -0.2) is 59.7 Å². The van der Waals surface area contributed by atoms with Gasteiger partial charge in [0, 0.05) is 13.1 Å². The molecule has 10 heteroatoms. The van der Waals surface area contributed by atoms with Crippen molar-refractivity contribution in [3.63, 3.8) is 0 Å². The first-order chi connectivity index (χ1) is 18.3. The van der Waals surface area contributed by atoms with Gasteiger partial charge in [-0.2, -0.15) is 4.31 Å². The number of para-hydroxylation sites is 2. The van der Waals surface area contributed by atoms with Crippen molar-refractivity contribution >= 4 is 42.2 Å². The Balaban J connectivity index is 1.36. The molecule has 2 aliphatic heterocycles. The normalized spacial score (nSPS) is 19.0. The Labute approximate surface area is 222 Å². The van der Waals surface area contributed by atoms with Crippen LogP contribution in [0.5, 0.6) is 0 Å². The van der Waals surface area contributed by atoms with Crippen molar-refractivity contribution in [2.24, 2.45) is 0 Å². The minimum absolute atomic E-state index is 0.0890. The van der Waals surface area contributed by atoms with E-state index >= 15 is 0 Å². The zero-order valence-corrected chi connectivity index (χ0v) is 22.0. The van der Waals surface area contributed by atoms with Gasteiger partial charge in [0.05, 0.1) is 46.6 Å². The largest absolute Gasteiger partial charge is 0.372 e. The van der Waals surface area contributed by atoms with Crippen LogP contribution in [0.15, 0.2) is 107 Å². The van der Waals surface area contributed by atoms with E-state index in [9.17, 15) is 16.8 Å². The van der Waals surface area contributed by atoms with Gasteiger partial charge in [-0.15, -0.1) is 0 Å². The van der Waals surface area contributed by atoms with Crippen molar-refractivity contribution in [1.29, 1.82) is 0 Å². The molecule has 0 saturated carbocycles. The second-order valence-corrected chi connectivity index (χ2v) is 13.1. The van der Waals surface area contributed by atoms with Crippen LogP contribution in [0.4, 0.5) is 11.4 Å². The second-order valence-electron chi connectivity index (χ2n) is 9.34. The maximum atomic E-state index is 13.9. The quantitative estimate of drug-likeness (QED) is 0.275. The zero-order valence-electron chi connectivity index (χ0n) is 20.4. The molecule has 2 heterocycles. The van der Waals surface area contributed by atoms with Gasteiger partial charge in [-0.05, 0) is 59.3 Å². The summed E-state index contributed by atoms with van der Waals surface area (Å²) in [6.07, 6.45) is -0.178. The molecule has 4 aromatic carbocycles. The number of anilines is 2. The van der Waals surface area contributed by atoms with E-state index in [0.29, 0.717) is 35.4 Å². The van der Waals surface area contributed by atoms with E-state index in [-0.39, 0.29) is 35.1 Å². The van der Waals surface area contributed by atoms with Crippen molar-refractivity contribution in [2.45, 2.75) is 22.0 Å². The van der Waals surface area contributed by atoms with Crippen LogP contribution in [0.3, 0.4) is 0 Å². The predicted molar refractivity (Wildman–Crippen MR) is 144 cm³/mol. The van der Waals surface area contributed by atoms with E-state index in [4.69, 9.17) is 9.47 Å². The maximum absolute atomic E-state index is 13.9. The Morgan fingerprint density at radius 3 is 1.45 bits per heavy atom. The van der Waals surface area contributed by atoms with E-state index in [1.807, 2.05) is 12.1 Å². The summed E-state index contributed by atoms with van der Waals surface area (Å²) in [6.45, 7) is 1.67. The van der Waals surface area contributed by atoms with Crippen LogP contribution < -0.4 is 4.31 Å². The van der Waals surface area contributed by atoms with Crippen LogP contribution in [0.1, 0.15) is 0 Å². The first kappa shape index (κ1) is 25.0. The van der Waals surface area contributed by atoms with Gasteiger partial charge in [0.15, 0.2) is 0 Å². The molecule has 0 N–H and O–H groups in total. The molecule has 4 aromatic rings. The highest BCUT2D eigenvalue weighted by atomic mass is 32.2. The topological polar surface area (TPSA) is 99.8 Å². The first-order valence-corrected chi connectivity index (χ1v) is 15.1. The number of nitrogens with zero attached hydrogens (tertiary/aromatic N) is 2. The van der Waals surface area contributed by atoms with Gasteiger partial charge in [-0.3, -0.25) is 0 Å². The number of ether oxygens (including phenoxy) is 2. The third-order valence-corrected chi connectivity index (χ3v) is 10.1. The minimum atomic E-state index is -3.98. The molecule has 0 radical (unpaired) electrons. The van der Waals surface area contributed by atoms with Crippen molar-refractivity contribution in [2.75, 3.05) is 30.6 Å². The number of epoxide rings is 2. The fourth-order valence-corrected chi connectivity index (χ4v) is 7.47. The summed E-state index contributed by atoms with van der Waals surface area (Å²) in [5.41, 5.74) is 1.03. The summed E-state index contributed by atoms with van der Waals surface area (Å²) in [7, 11) is -7.76. The predicted octanol–water partition coefficient (Wildman–Crippen LogP) is 4.16. The third kappa shape index (κ3) is 5.05. The highest BCUT2D eigenvalue weighted by Gasteiger charge is 2.37. The van der Waals surface area contributed by atoms with Gasteiger partial charge in [0.2, 0.25) is 10.0 Å². The lowest BCUT2D eigenvalue weighted by molar-refractivity contribution is 0.304. The molecule has 8 nitrogen and oxygen atoms in total. The second kappa shape index (κ2) is 9.79. The van der Waals surface area contributed by atoms with Gasteiger partial charge in [-0.25, -0.2) is 21.1 Å². The fraction of sp³-hybridized carbons (Fsp3) is 0.214. The molecule has 0 aliphatic carbocycles. The smallest absolute Gasteiger partial charge is 0.268 e. The van der Waals surface area contributed by atoms with Gasteiger partial charge in [0.1, 0.15) is 0 Å². The Bertz CT molecular complexity index is 1620. The molecule has 2 unspecified atom stereocenters. The summed E-state index contributed by atoms with van der Waals surface area (Å²) in [4.78, 5) is 0.254. The molecule has 0 bridgehead atoms. The van der Waals surface area contributed by atoms with E-state index in [1.54, 1.807) is 72.8 Å². The SMILES string of the molecule is O=S(=O)(c1ccc2cc(S(=O)(=O)N(c3ccccc3)c3ccccc3)ccc2c1)N(CC1CO1)CC1CO1. The number of hydrogen-bond donors (Lipinski definition) is 0. The number of rotatable bonds is 10. The lowest BCUT2D eigenvalue weighted by atomic mass is 10.1. The molecule has 2 atom stereocenters. The van der Waals surface area contributed by atoms with Crippen LogP contribution in [0.2, 0.25) is 0 Å².